The lowest BCUT2D eigenvalue weighted by Crippen LogP contribution is -2.52. The van der Waals surface area contributed by atoms with Crippen LogP contribution in [0.5, 0.6) is 6.01 Å². The third kappa shape index (κ3) is 5.07. The zero-order chi connectivity index (χ0) is 25.4. The quantitative estimate of drug-likeness (QED) is 0.556. The smallest absolute Gasteiger partial charge is 0.318 e. The van der Waals surface area contributed by atoms with Crippen LogP contribution in [-0.2, 0) is 13.0 Å². The molecule has 3 saturated heterocycles. The predicted octanol–water partition coefficient (Wildman–Crippen LogP) is 3.90. The number of methoxy groups -OCH3 is 1. The molecule has 4 aliphatic rings. The number of aromatic nitrogens is 3. The fourth-order valence-corrected chi connectivity index (χ4v) is 6.48. The third-order valence-corrected chi connectivity index (χ3v) is 8.42. The van der Waals surface area contributed by atoms with Gasteiger partial charge in [0.2, 0.25) is 0 Å². The molecule has 7 rings (SSSR count). The number of pyridine rings is 1. The van der Waals surface area contributed by atoms with Gasteiger partial charge in [0.1, 0.15) is 5.82 Å². The first kappa shape index (κ1) is 24.6. The molecule has 0 aliphatic carbocycles. The van der Waals surface area contributed by atoms with Crippen LogP contribution in [0.3, 0.4) is 0 Å². The van der Waals surface area contributed by atoms with Gasteiger partial charge in [-0.1, -0.05) is 23.7 Å². The monoisotopic (exact) mass is 521 g/mol. The molecule has 2 atom stereocenters. The summed E-state index contributed by atoms with van der Waals surface area (Å²) in [6, 6.07) is 7.51. The van der Waals surface area contributed by atoms with Gasteiger partial charge >= 0.3 is 6.01 Å². The number of anilines is 2. The number of hydrogen-bond donors (Lipinski definition) is 1. The van der Waals surface area contributed by atoms with E-state index in [4.69, 9.17) is 26.3 Å². The van der Waals surface area contributed by atoms with Crippen molar-refractivity contribution in [2.75, 3.05) is 56.7 Å². The first-order chi connectivity index (χ1) is 18.1. The molecule has 2 bridgehead atoms. The lowest BCUT2D eigenvalue weighted by Gasteiger charge is -2.37. The van der Waals surface area contributed by atoms with Gasteiger partial charge in [0.25, 0.3) is 0 Å². The number of fused-ring (bicyclic) bond motifs is 4. The van der Waals surface area contributed by atoms with E-state index in [2.05, 4.69) is 38.1 Å². The average molecular weight is 522 g/mol. The number of ether oxygens (including phenoxy) is 1. The van der Waals surface area contributed by atoms with Crippen molar-refractivity contribution in [3.8, 4) is 6.01 Å². The van der Waals surface area contributed by atoms with Gasteiger partial charge in [-0.25, -0.2) is 0 Å². The highest BCUT2D eigenvalue weighted by Gasteiger charge is 2.35. The first-order valence-corrected chi connectivity index (χ1v) is 13.9. The topological polar surface area (TPSA) is 69.7 Å². The number of benzene rings is 1. The zero-order valence-electron chi connectivity index (χ0n) is 21.8. The van der Waals surface area contributed by atoms with Gasteiger partial charge in [-0.3, -0.25) is 4.98 Å². The van der Waals surface area contributed by atoms with E-state index in [0.29, 0.717) is 24.6 Å². The fourth-order valence-electron chi connectivity index (χ4n) is 6.20. The molecule has 0 amide bonds. The number of nitrogens with zero attached hydrogens (tertiary/aromatic N) is 6. The fraction of sp³-hybridized carbons (Fsp3) is 0.536. The Hall–Kier alpha value is -2.68. The summed E-state index contributed by atoms with van der Waals surface area (Å²) in [6.07, 6.45) is 9.97. The molecule has 0 radical (unpaired) electrons. The van der Waals surface area contributed by atoms with E-state index in [-0.39, 0.29) is 0 Å². The van der Waals surface area contributed by atoms with E-state index in [1.807, 2.05) is 24.5 Å². The summed E-state index contributed by atoms with van der Waals surface area (Å²) >= 11 is 6.58. The Bertz CT molecular complexity index is 1250. The van der Waals surface area contributed by atoms with Crippen molar-refractivity contribution in [1.82, 2.24) is 25.2 Å². The van der Waals surface area contributed by atoms with Crippen molar-refractivity contribution in [2.24, 2.45) is 0 Å². The number of halogens is 1. The molecule has 3 aromatic rings. The molecule has 8 nitrogen and oxygen atoms in total. The second-order valence-electron chi connectivity index (χ2n) is 10.7. The third-order valence-electron chi connectivity index (χ3n) is 8.10. The van der Waals surface area contributed by atoms with Gasteiger partial charge in [-0.2, -0.15) is 9.97 Å². The Morgan fingerprint density at radius 2 is 1.78 bits per heavy atom. The summed E-state index contributed by atoms with van der Waals surface area (Å²) < 4.78 is 5.49. The maximum absolute atomic E-state index is 6.58. The minimum atomic E-state index is 0.440. The number of piperazine rings is 1. The summed E-state index contributed by atoms with van der Waals surface area (Å²) in [4.78, 5) is 21.1. The molecule has 9 heteroatoms. The van der Waals surface area contributed by atoms with Crippen molar-refractivity contribution in [3.05, 3.63) is 46.9 Å². The van der Waals surface area contributed by atoms with Gasteiger partial charge in [0, 0.05) is 54.3 Å². The summed E-state index contributed by atoms with van der Waals surface area (Å²) in [7, 11) is 3.81. The van der Waals surface area contributed by atoms with Crippen LogP contribution in [0.4, 0.5) is 11.5 Å². The zero-order valence-corrected chi connectivity index (χ0v) is 22.5. The van der Waals surface area contributed by atoms with Gasteiger partial charge in [-0.05, 0) is 58.3 Å². The number of hydrogen-bond acceptors (Lipinski definition) is 8. The lowest BCUT2D eigenvalue weighted by molar-refractivity contribution is 0.374. The molecule has 1 aromatic carbocycles. The predicted molar refractivity (Wildman–Crippen MR) is 149 cm³/mol. The SMILES string of the molecule is CN1CCCC1.COc1nc2c(c(N3CC4CCC(C3)N4)n1)CCN(c1cncc3cccc(Cl)c13)C2. The highest BCUT2D eigenvalue weighted by atomic mass is 35.5. The van der Waals surface area contributed by atoms with E-state index in [1.54, 1.807) is 7.11 Å². The number of rotatable bonds is 3. The molecule has 196 valence electrons. The molecule has 2 unspecified atom stereocenters. The average Bonchev–Trinajstić information content (AvgIpc) is 3.54. The second kappa shape index (κ2) is 10.6. The van der Waals surface area contributed by atoms with Gasteiger partial charge in [0.05, 0.1) is 36.3 Å². The highest BCUT2D eigenvalue weighted by molar-refractivity contribution is 6.36. The van der Waals surface area contributed by atoms with Crippen LogP contribution in [0, 0.1) is 0 Å². The second-order valence-corrected chi connectivity index (χ2v) is 11.1. The number of likely N-dealkylation sites (tertiary alicyclic amines) is 1. The first-order valence-electron chi connectivity index (χ1n) is 13.5. The lowest BCUT2D eigenvalue weighted by atomic mass is 10.0. The maximum atomic E-state index is 6.58. The molecule has 4 aliphatic heterocycles. The summed E-state index contributed by atoms with van der Waals surface area (Å²) in [6.45, 7) is 6.19. The molecule has 6 heterocycles. The van der Waals surface area contributed by atoms with Crippen LogP contribution < -0.4 is 19.9 Å². The summed E-state index contributed by atoms with van der Waals surface area (Å²) in [5, 5.41) is 6.55. The summed E-state index contributed by atoms with van der Waals surface area (Å²) in [5.74, 6) is 1.05. The van der Waals surface area contributed by atoms with E-state index in [9.17, 15) is 0 Å². The molecule has 2 aromatic heterocycles. The van der Waals surface area contributed by atoms with Crippen molar-refractivity contribution >= 4 is 33.9 Å². The van der Waals surface area contributed by atoms with Crippen molar-refractivity contribution < 1.29 is 4.74 Å². The van der Waals surface area contributed by atoms with Crippen LogP contribution >= 0.6 is 11.6 Å². The van der Waals surface area contributed by atoms with Gasteiger partial charge in [0.15, 0.2) is 0 Å². The van der Waals surface area contributed by atoms with Crippen LogP contribution in [0.15, 0.2) is 30.6 Å². The Labute approximate surface area is 224 Å². The van der Waals surface area contributed by atoms with E-state index in [0.717, 1.165) is 59.0 Å². The molecule has 37 heavy (non-hydrogen) atoms. The molecule has 0 spiro atoms. The highest BCUT2D eigenvalue weighted by Crippen LogP contribution is 2.37. The van der Waals surface area contributed by atoms with Crippen LogP contribution in [-0.4, -0.2) is 78.8 Å². The molecular weight excluding hydrogens is 486 g/mol. The molecular formula is C28H36ClN7O. The van der Waals surface area contributed by atoms with Crippen LogP contribution in [0.1, 0.15) is 36.9 Å². The minimum Gasteiger partial charge on any atom is -0.467 e. The Balaban J connectivity index is 0.000000372. The normalized spacial score (nSPS) is 23.1. The van der Waals surface area contributed by atoms with Crippen molar-refractivity contribution in [1.29, 1.82) is 0 Å². The minimum absolute atomic E-state index is 0.440. The van der Waals surface area contributed by atoms with Crippen molar-refractivity contribution in [2.45, 2.75) is 50.7 Å². The van der Waals surface area contributed by atoms with Gasteiger partial charge < -0.3 is 24.8 Å². The molecule has 0 saturated carbocycles. The Kier molecular flexibility index (Phi) is 7.06. The maximum Gasteiger partial charge on any atom is 0.318 e. The summed E-state index contributed by atoms with van der Waals surface area (Å²) in [5.41, 5.74) is 3.33. The van der Waals surface area contributed by atoms with Gasteiger partial charge in [-0.15, -0.1) is 0 Å². The van der Waals surface area contributed by atoms with E-state index in [1.165, 1.54) is 44.3 Å². The van der Waals surface area contributed by atoms with Crippen molar-refractivity contribution in [3.63, 3.8) is 0 Å². The largest absolute Gasteiger partial charge is 0.467 e. The molecule has 3 fully saturated rings. The Morgan fingerprint density at radius 1 is 1.00 bits per heavy atom. The van der Waals surface area contributed by atoms with Crippen LogP contribution in [0.25, 0.3) is 10.8 Å². The van der Waals surface area contributed by atoms with Crippen LogP contribution in [0.2, 0.25) is 5.02 Å². The number of nitrogens with one attached hydrogen (secondary N) is 1. The Morgan fingerprint density at radius 3 is 2.49 bits per heavy atom. The molecule has 1 N–H and O–H groups in total. The van der Waals surface area contributed by atoms with E-state index < -0.39 is 0 Å². The van der Waals surface area contributed by atoms with E-state index >= 15 is 0 Å². The standard InChI is InChI=1S/C23H25ClN6O.C5H11N/c1-31-23-27-19-13-29(20-10-25-9-14-3-2-4-18(24)21(14)20)8-7-17(19)22(28-23)30-11-15-5-6-16(12-30)26-15;1-6-4-2-3-5-6/h2-4,9-10,15-16,26H,5-8,11-13H2,1H3;2-5H2,1H3.